The first-order chi connectivity index (χ1) is 10.8. The molecule has 0 fully saturated rings. The predicted octanol–water partition coefficient (Wildman–Crippen LogP) is 3.67. The highest BCUT2D eigenvalue weighted by molar-refractivity contribution is 6.03. The van der Waals surface area contributed by atoms with E-state index in [0.29, 0.717) is 42.2 Å². The summed E-state index contributed by atoms with van der Waals surface area (Å²) in [6, 6.07) is 5.29. The van der Waals surface area contributed by atoms with Crippen molar-refractivity contribution in [2.45, 2.75) is 41.0 Å². The normalized spacial score (nSPS) is 10.7. The van der Waals surface area contributed by atoms with Gasteiger partial charge < -0.3 is 14.8 Å². The Morgan fingerprint density at radius 3 is 1.83 bits per heavy atom. The van der Waals surface area contributed by atoms with Gasteiger partial charge in [0, 0.05) is 23.9 Å². The maximum Gasteiger partial charge on any atom is 0.231 e. The van der Waals surface area contributed by atoms with Crippen molar-refractivity contribution in [1.29, 1.82) is 0 Å². The average molecular weight is 321 g/mol. The van der Waals surface area contributed by atoms with Gasteiger partial charge >= 0.3 is 0 Å². The second kappa shape index (κ2) is 9.18. The molecule has 1 amide bonds. The lowest BCUT2D eigenvalue weighted by atomic mass is 10.2. The number of ketones is 1. The predicted molar refractivity (Wildman–Crippen MR) is 91.0 cm³/mol. The van der Waals surface area contributed by atoms with Crippen LogP contribution in [-0.4, -0.2) is 24.9 Å². The van der Waals surface area contributed by atoms with Crippen molar-refractivity contribution in [3.8, 4) is 11.5 Å². The summed E-state index contributed by atoms with van der Waals surface area (Å²) in [6.45, 7) is 10.8. The molecule has 0 aromatic heterocycles. The fourth-order valence-electron chi connectivity index (χ4n) is 1.77. The summed E-state index contributed by atoms with van der Waals surface area (Å²) in [5.41, 5.74) is 0.566. The lowest BCUT2D eigenvalue weighted by Gasteiger charge is -2.15. The van der Waals surface area contributed by atoms with Crippen LogP contribution in [0.5, 0.6) is 11.5 Å². The minimum Gasteiger partial charge on any atom is -0.493 e. The first kappa shape index (κ1) is 19.0. The highest BCUT2D eigenvalue weighted by atomic mass is 16.5. The first-order valence-electron chi connectivity index (χ1n) is 7.96. The largest absolute Gasteiger partial charge is 0.493 e. The van der Waals surface area contributed by atoms with Crippen LogP contribution in [0.4, 0.5) is 5.69 Å². The summed E-state index contributed by atoms with van der Waals surface area (Å²) in [4.78, 5) is 22.8. The minimum atomic E-state index is -0.340. The number of Topliss-reactive ketones (excluding diaryl/α,β-unsaturated/α-hetero) is 1. The molecule has 0 saturated carbocycles. The summed E-state index contributed by atoms with van der Waals surface area (Å²) in [5, 5.41) is 2.71. The Hall–Kier alpha value is -2.04. The molecule has 1 rings (SSSR count). The van der Waals surface area contributed by atoms with Crippen molar-refractivity contribution in [3.63, 3.8) is 0 Å². The van der Waals surface area contributed by atoms with Gasteiger partial charge in [-0.25, -0.2) is 0 Å². The Kier molecular flexibility index (Phi) is 7.59. The van der Waals surface area contributed by atoms with E-state index < -0.39 is 0 Å². The van der Waals surface area contributed by atoms with E-state index in [0.717, 1.165) is 0 Å². The van der Waals surface area contributed by atoms with Gasteiger partial charge in [0.1, 0.15) is 17.3 Å². The molecule has 0 unspecified atom stereocenters. The molecule has 23 heavy (non-hydrogen) atoms. The molecule has 0 saturated heterocycles. The van der Waals surface area contributed by atoms with Crippen LogP contribution in [0.15, 0.2) is 18.2 Å². The van der Waals surface area contributed by atoms with Gasteiger partial charge in [0.2, 0.25) is 5.91 Å². The molecule has 5 heteroatoms. The zero-order chi connectivity index (χ0) is 17.4. The monoisotopic (exact) mass is 321 g/mol. The molecule has 1 aromatic carbocycles. The van der Waals surface area contributed by atoms with E-state index in [1.165, 1.54) is 6.92 Å². The van der Waals surface area contributed by atoms with Crippen LogP contribution in [0.1, 0.15) is 41.0 Å². The number of hydrogen-bond acceptors (Lipinski definition) is 4. The molecule has 0 aliphatic heterocycles. The van der Waals surface area contributed by atoms with Crippen LogP contribution in [-0.2, 0) is 9.59 Å². The smallest absolute Gasteiger partial charge is 0.231 e. The van der Waals surface area contributed by atoms with E-state index in [4.69, 9.17) is 9.47 Å². The van der Waals surface area contributed by atoms with Crippen LogP contribution in [0.25, 0.3) is 0 Å². The Morgan fingerprint density at radius 1 is 0.957 bits per heavy atom. The molecule has 0 bridgehead atoms. The minimum absolute atomic E-state index is 0.140. The zero-order valence-corrected chi connectivity index (χ0v) is 14.6. The van der Waals surface area contributed by atoms with Crippen LogP contribution < -0.4 is 14.8 Å². The summed E-state index contributed by atoms with van der Waals surface area (Å²) >= 11 is 0. The second-order valence-electron chi connectivity index (χ2n) is 6.53. The topological polar surface area (TPSA) is 64.6 Å². The first-order valence-corrected chi connectivity index (χ1v) is 7.96. The number of benzene rings is 1. The fraction of sp³-hybridized carbons (Fsp3) is 0.556. The lowest BCUT2D eigenvalue weighted by Crippen LogP contribution is -2.15. The van der Waals surface area contributed by atoms with Crippen LogP contribution in [0, 0.1) is 11.8 Å². The number of hydrogen-bond donors (Lipinski definition) is 1. The van der Waals surface area contributed by atoms with Crippen molar-refractivity contribution < 1.29 is 19.1 Å². The molecule has 0 spiro atoms. The quantitative estimate of drug-likeness (QED) is 0.705. The van der Waals surface area contributed by atoms with E-state index in [-0.39, 0.29) is 18.1 Å². The Morgan fingerprint density at radius 2 is 1.43 bits per heavy atom. The number of carbonyl (C=O) groups excluding carboxylic acids is 2. The van der Waals surface area contributed by atoms with Gasteiger partial charge in [0.15, 0.2) is 0 Å². The number of amides is 1. The molecule has 0 aliphatic rings. The highest BCUT2D eigenvalue weighted by Crippen LogP contribution is 2.27. The van der Waals surface area contributed by atoms with Gasteiger partial charge in [0.05, 0.1) is 19.6 Å². The van der Waals surface area contributed by atoms with E-state index >= 15 is 0 Å². The van der Waals surface area contributed by atoms with E-state index in [1.807, 2.05) is 6.07 Å². The summed E-state index contributed by atoms with van der Waals surface area (Å²) in [5.74, 6) is 1.55. The Balaban J connectivity index is 2.88. The Bertz CT molecular complexity index is 508. The lowest BCUT2D eigenvalue weighted by molar-refractivity contribution is -0.124. The second-order valence-corrected chi connectivity index (χ2v) is 6.53. The fourth-order valence-corrected chi connectivity index (χ4v) is 1.77. The van der Waals surface area contributed by atoms with E-state index in [9.17, 15) is 9.59 Å². The number of ether oxygens (including phenoxy) is 2. The van der Waals surface area contributed by atoms with Gasteiger partial charge in [-0.3, -0.25) is 9.59 Å². The average Bonchev–Trinajstić information content (AvgIpc) is 2.41. The van der Waals surface area contributed by atoms with Crippen molar-refractivity contribution in [1.82, 2.24) is 0 Å². The summed E-state index contributed by atoms with van der Waals surface area (Å²) in [6.07, 6.45) is -0.140. The Labute approximate surface area is 138 Å². The molecular weight excluding hydrogens is 294 g/mol. The number of rotatable bonds is 9. The molecule has 0 atom stereocenters. The van der Waals surface area contributed by atoms with Crippen LogP contribution >= 0.6 is 0 Å². The van der Waals surface area contributed by atoms with Gasteiger partial charge in [0.25, 0.3) is 0 Å². The van der Waals surface area contributed by atoms with Crippen LogP contribution in [0.3, 0.4) is 0 Å². The zero-order valence-electron chi connectivity index (χ0n) is 14.6. The standard InChI is InChI=1S/C18H27NO4/c1-12(2)10-22-16-7-15(19-18(21)6-14(5)20)8-17(9-16)23-11-13(3)4/h7-9,12-13H,6,10-11H2,1-5H3,(H,19,21). The summed E-state index contributed by atoms with van der Waals surface area (Å²) < 4.78 is 11.4. The maximum absolute atomic E-state index is 11.8. The van der Waals surface area contributed by atoms with Crippen molar-refractivity contribution in [3.05, 3.63) is 18.2 Å². The highest BCUT2D eigenvalue weighted by Gasteiger charge is 2.10. The number of carbonyl (C=O) groups is 2. The van der Waals surface area contributed by atoms with Gasteiger partial charge in [-0.2, -0.15) is 0 Å². The maximum atomic E-state index is 11.8. The third kappa shape index (κ3) is 8.24. The molecule has 5 nitrogen and oxygen atoms in total. The number of anilines is 1. The molecular formula is C18H27NO4. The van der Waals surface area contributed by atoms with E-state index in [2.05, 4.69) is 33.0 Å². The van der Waals surface area contributed by atoms with Crippen LogP contribution in [0.2, 0.25) is 0 Å². The van der Waals surface area contributed by atoms with Gasteiger partial charge in [-0.15, -0.1) is 0 Å². The third-order valence-corrected chi connectivity index (χ3v) is 2.74. The molecule has 1 aromatic rings. The molecule has 0 radical (unpaired) electrons. The summed E-state index contributed by atoms with van der Waals surface area (Å²) in [7, 11) is 0. The molecule has 0 aliphatic carbocycles. The van der Waals surface area contributed by atoms with Crippen molar-refractivity contribution in [2.75, 3.05) is 18.5 Å². The van der Waals surface area contributed by atoms with Crippen molar-refractivity contribution in [2.24, 2.45) is 11.8 Å². The molecule has 1 N–H and O–H groups in total. The molecule has 0 heterocycles. The van der Waals surface area contributed by atoms with Crippen molar-refractivity contribution >= 4 is 17.4 Å². The SMILES string of the molecule is CC(=O)CC(=O)Nc1cc(OCC(C)C)cc(OCC(C)C)c1. The van der Waals surface area contributed by atoms with Gasteiger partial charge in [-0.05, 0) is 18.8 Å². The molecule has 128 valence electrons. The third-order valence-electron chi connectivity index (χ3n) is 2.74. The van der Waals surface area contributed by atoms with Gasteiger partial charge in [-0.1, -0.05) is 27.7 Å². The number of nitrogens with one attached hydrogen (secondary N) is 1. The van der Waals surface area contributed by atoms with E-state index in [1.54, 1.807) is 12.1 Å².